The van der Waals surface area contributed by atoms with Crippen molar-refractivity contribution in [3.8, 4) is 33.6 Å². The van der Waals surface area contributed by atoms with Crippen LogP contribution in [-0.2, 0) is 24.9 Å². The number of carbonyl (C=O) groups excluding carboxylic acids is 1. The number of fused-ring (bicyclic) bond motifs is 1. The Kier molecular flexibility index (Phi) is 11.8. The van der Waals surface area contributed by atoms with E-state index in [9.17, 15) is 4.79 Å². The van der Waals surface area contributed by atoms with E-state index in [-0.39, 0.29) is 5.91 Å². The van der Waals surface area contributed by atoms with E-state index in [2.05, 4.69) is 87.0 Å². The summed E-state index contributed by atoms with van der Waals surface area (Å²) in [6.07, 6.45) is 15.5. The van der Waals surface area contributed by atoms with E-state index >= 15 is 0 Å². The highest BCUT2D eigenvalue weighted by Gasteiger charge is 2.41. The summed E-state index contributed by atoms with van der Waals surface area (Å²) in [6, 6.07) is 45.4. The third-order valence-electron chi connectivity index (χ3n) is 11.9. The van der Waals surface area contributed by atoms with Crippen molar-refractivity contribution in [1.29, 1.82) is 0 Å². The molecular formula is C53H43BrN8O2S. The number of aromatic nitrogens is 8. The molecule has 2 aliphatic rings. The Morgan fingerprint density at radius 3 is 2.15 bits per heavy atom. The topological polar surface area (TPSA) is 109 Å². The van der Waals surface area contributed by atoms with Crippen LogP contribution in [0.1, 0.15) is 63.2 Å². The van der Waals surface area contributed by atoms with Crippen LogP contribution in [0.2, 0.25) is 0 Å². The lowest BCUT2D eigenvalue weighted by molar-refractivity contribution is 0.0953. The number of halogens is 1. The number of unbranched alkanes of at least 4 members (excludes halogenated alkanes) is 1. The maximum Gasteiger partial charge on any atom is 0.259 e. The second-order valence-electron chi connectivity index (χ2n) is 15.8. The van der Waals surface area contributed by atoms with E-state index in [1.165, 1.54) is 4.57 Å². The van der Waals surface area contributed by atoms with Crippen LogP contribution >= 0.6 is 27.3 Å². The fraction of sp³-hybridized carbons (Fsp3) is 0.132. The van der Waals surface area contributed by atoms with Crippen LogP contribution in [0.25, 0.3) is 39.7 Å². The second-order valence-corrected chi connectivity index (χ2v) is 17.6. The molecule has 12 heteroatoms. The number of hydrogen-bond donors (Lipinski definition) is 0. The molecule has 0 spiro atoms. The van der Waals surface area contributed by atoms with Gasteiger partial charge in [0.2, 0.25) is 5.82 Å². The maximum atomic E-state index is 14.1. The molecule has 0 unspecified atom stereocenters. The lowest BCUT2D eigenvalue weighted by atomic mass is 9.77. The minimum atomic E-state index is -0.936. The third kappa shape index (κ3) is 7.89. The molecule has 1 aliphatic heterocycles. The largest absolute Gasteiger partial charge is 0.472 e. The zero-order chi connectivity index (χ0) is 44.2. The first-order chi connectivity index (χ1) is 32.0. The van der Waals surface area contributed by atoms with Gasteiger partial charge in [-0.05, 0) is 84.5 Å². The highest BCUT2D eigenvalue weighted by Crippen LogP contribution is 2.49. The number of thiophene rings is 1. The summed E-state index contributed by atoms with van der Waals surface area (Å²) in [6.45, 7) is 2.65. The molecule has 8 aromatic rings. The normalized spacial score (nSPS) is 12.0. The van der Waals surface area contributed by atoms with Crippen molar-refractivity contribution in [3.63, 3.8) is 0 Å². The highest BCUT2D eigenvalue weighted by molar-refractivity contribution is 9.10. The number of tetrazole rings is 1. The minimum absolute atomic E-state index is 0.132. The average molecular weight is 936 g/mol. The molecule has 4 aromatic heterocycles. The number of nitrogens with zero attached hydrogens (tertiary/aromatic N) is 8. The van der Waals surface area contributed by atoms with Crippen molar-refractivity contribution >= 4 is 39.2 Å². The number of carbonyl (C=O) groups is 1. The Labute approximate surface area is 389 Å². The van der Waals surface area contributed by atoms with Crippen LogP contribution in [0.3, 0.4) is 0 Å². The van der Waals surface area contributed by atoms with E-state index in [0.717, 1.165) is 90.2 Å². The summed E-state index contributed by atoms with van der Waals surface area (Å²) in [5.74, 6) is 1.29. The van der Waals surface area contributed by atoms with Gasteiger partial charge in [0.25, 0.3) is 5.91 Å². The van der Waals surface area contributed by atoms with E-state index in [4.69, 9.17) is 24.8 Å². The molecule has 65 heavy (non-hydrogen) atoms. The van der Waals surface area contributed by atoms with Gasteiger partial charge in [-0.15, -0.1) is 26.3 Å². The quantitative estimate of drug-likeness (QED) is 0.0744. The van der Waals surface area contributed by atoms with E-state index < -0.39 is 5.54 Å². The molecule has 0 atom stereocenters. The Balaban J connectivity index is 1.13. The molecule has 0 bridgehead atoms. The summed E-state index contributed by atoms with van der Waals surface area (Å²) < 4.78 is 10.5. The number of aryl methyl sites for hydroxylation is 1. The second kappa shape index (κ2) is 18.4. The molecule has 0 saturated heterocycles. The van der Waals surface area contributed by atoms with Gasteiger partial charge < -0.3 is 8.98 Å². The monoisotopic (exact) mass is 934 g/mol. The maximum absolute atomic E-state index is 14.1. The smallest absolute Gasteiger partial charge is 0.259 e. The van der Waals surface area contributed by atoms with Crippen molar-refractivity contribution in [2.75, 3.05) is 0 Å². The van der Waals surface area contributed by atoms with Crippen LogP contribution in [0.5, 0.6) is 0 Å². The summed E-state index contributed by atoms with van der Waals surface area (Å²) in [5, 5.41) is 17.1. The Morgan fingerprint density at radius 2 is 1.51 bits per heavy atom. The van der Waals surface area contributed by atoms with Gasteiger partial charge in [0.05, 0.1) is 31.0 Å². The number of benzene rings is 4. The first-order valence-electron chi connectivity index (χ1n) is 21.6. The number of rotatable bonds is 15. The van der Waals surface area contributed by atoms with E-state index in [1.807, 2.05) is 96.5 Å². The Hall–Kier alpha value is -7.28. The van der Waals surface area contributed by atoms with Gasteiger partial charge in [-0.2, -0.15) is 0 Å². The summed E-state index contributed by atoms with van der Waals surface area (Å²) in [7, 11) is 0. The highest BCUT2D eigenvalue weighted by atomic mass is 79.9. The van der Waals surface area contributed by atoms with Gasteiger partial charge in [0.15, 0.2) is 5.54 Å². The van der Waals surface area contributed by atoms with Crippen molar-refractivity contribution in [1.82, 2.24) is 39.3 Å². The zero-order valence-electron chi connectivity index (χ0n) is 35.5. The first-order valence-corrected chi connectivity index (χ1v) is 23.2. The van der Waals surface area contributed by atoms with Crippen LogP contribution in [0, 0.1) is 0 Å². The Bertz CT molecular complexity index is 3080. The summed E-state index contributed by atoms with van der Waals surface area (Å²) >= 11 is 5.69. The number of imidazole rings is 2. The molecule has 1 aliphatic carbocycles. The fourth-order valence-electron chi connectivity index (χ4n) is 8.82. The van der Waals surface area contributed by atoms with Gasteiger partial charge in [-0.1, -0.05) is 135 Å². The lowest BCUT2D eigenvalue weighted by Gasteiger charge is -2.34. The molecule has 0 saturated carbocycles. The molecule has 320 valence electrons. The van der Waals surface area contributed by atoms with Crippen LogP contribution in [0.4, 0.5) is 0 Å². The summed E-state index contributed by atoms with van der Waals surface area (Å²) in [4.78, 5) is 26.1. The van der Waals surface area contributed by atoms with Crippen LogP contribution < -0.4 is 0 Å². The molecule has 0 N–H and O–H groups in total. The van der Waals surface area contributed by atoms with Gasteiger partial charge in [-0.25, -0.2) is 9.97 Å². The van der Waals surface area contributed by atoms with Crippen molar-refractivity contribution in [2.24, 2.45) is 0 Å². The predicted octanol–water partition coefficient (Wildman–Crippen LogP) is 12.1. The number of hydrogen-bond acceptors (Lipinski definition) is 8. The van der Waals surface area contributed by atoms with Crippen LogP contribution in [-0.4, -0.2) is 45.2 Å². The van der Waals surface area contributed by atoms with Crippen molar-refractivity contribution in [3.05, 3.63) is 225 Å². The number of allylic oxidation sites excluding steroid dienone is 1. The molecule has 10 rings (SSSR count). The molecule has 10 nitrogen and oxygen atoms in total. The zero-order valence-corrected chi connectivity index (χ0v) is 37.9. The van der Waals surface area contributed by atoms with E-state index in [1.54, 1.807) is 47.4 Å². The molecule has 0 amide bonds. The molecular weight excluding hydrogens is 893 g/mol. The Morgan fingerprint density at radius 1 is 0.815 bits per heavy atom. The predicted molar refractivity (Wildman–Crippen MR) is 259 cm³/mol. The molecule has 0 fully saturated rings. The minimum Gasteiger partial charge on any atom is -0.472 e. The van der Waals surface area contributed by atoms with Gasteiger partial charge >= 0.3 is 0 Å². The average Bonchev–Trinajstić information content (AvgIpc) is 4.24. The van der Waals surface area contributed by atoms with Gasteiger partial charge in [0.1, 0.15) is 12.2 Å². The van der Waals surface area contributed by atoms with Crippen molar-refractivity contribution in [2.45, 2.75) is 44.7 Å². The lowest BCUT2D eigenvalue weighted by Crippen LogP contribution is -2.39. The first kappa shape index (κ1) is 41.7. The third-order valence-corrected chi connectivity index (χ3v) is 13.6. The molecule has 4 aromatic carbocycles. The molecule has 5 heterocycles. The fourth-order valence-corrected chi connectivity index (χ4v) is 10.3. The SMILES string of the molecule is CCCCc1ncc(/C=C(\Cc2cccs2)C(=O)n2ccnc2)n1Cc1c2ccocc-2c(Br)c1-c1ccccc1-c1nnn(C(c2ccccc2)(c2ccccc2)c2ccccc2)n1. The van der Waals surface area contributed by atoms with E-state index in [0.29, 0.717) is 24.4 Å². The van der Waals surface area contributed by atoms with Gasteiger partial charge in [0, 0.05) is 56.8 Å². The standard InChI is InChI=1S/C53H43BrN8O2S/c1-2-3-25-48-56-33-41(31-37(32-42-22-15-30-65-42)52(63)60-28-27-55-36-60)61(48)34-46-43-26-29-64-35-47(43)50(54)49(46)44-23-13-14-24-45(44)51-57-59-62(58-51)53(38-16-7-4-8-17-38,39-18-9-5-10-19-39)40-20-11-6-12-21-40/h4-24,26-31,33,35-36H,2-3,25,32,34H2,1H3/b37-31+. The van der Waals surface area contributed by atoms with Crippen LogP contribution in [0.15, 0.2) is 191 Å². The van der Waals surface area contributed by atoms with Gasteiger partial charge in [-0.3, -0.25) is 9.36 Å². The molecule has 0 radical (unpaired) electrons. The van der Waals surface area contributed by atoms with Crippen molar-refractivity contribution < 1.29 is 9.21 Å². The summed E-state index contributed by atoms with van der Waals surface area (Å²) in [5.41, 5.74) is 9.28.